The average molecular weight is 296 g/mol. The fraction of sp³-hybridized carbons (Fsp3) is 0.111. The summed E-state index contributed by atoms with van der Waals surface area (Å²) in [5.74, 6) is 0.284. The lowest BCUT2D eigenvalue weighted by atomic mass is 10.3. The molecule has 1 aromatic rings. The van der Waals surface area contributed by atoms with E-state index >= 15 is 0 Å². The summed E-state index contributed by atoms with van der Waals surface area (Å²) >= 11 is 19.0. The number of nitrogens with zero attached hydrogens (tertiary/aromatic N) is 1. The van der Waals surface area contributed by atoms with E-state index in [1.165, 1.54) is 11.8 Å². The lowest BCUT2D eigenvalue weighted by molar-refractivity contribution is -0.116. The minimum absolute atomic E-state index is 0.0787. The largest absolute Gasteiger partial charge is 0.304 e. The maximum Gasteiger partial charge on any atom is 0.236 e. The Hall–Kier alpha value is -0.420. The van der Waals surface area contributed by atoms with Gasteiger partial charge in [0, 0.05) is 5.02 Å². The second-order valence-electron chi connectivity index (χ2n) is 2.97. The van der Waals surface area contributed by atoms with Crippen molar-refractivity contribution in [3.05, 3.63) is 27.2 Å². The molecule has 1 aromatic carbocycles. The number of rotatable bonds is 1. The van der Waals surface area contributed by atoms with Crippen molar-refractivity contribution in [2.45, 2.75) is 0 Å². The van der Waals surface area contributed by atoms with Gasteiger partial charge in [0.05, 0.1) is 15.8 Å². The zero-order chi connectivity index (χ0) is 11.7. The van der Waals surface area contributed by atoms with Gasteiger partial charge in [-0.15, -0.1) is 0 Å². The predicted molar refractivity (Wildman–Crippen MR) is 69.2 cm³/mol. The van der Waals surface area contributed by atoms with Crippen LogP contribution in [0.4, 0.5) is 5.69 Å². The van der Waals surface area contributed by atoms with E-state index in [-0.39, 0.29) is 5.91 Å². The number of hydrogen-bond acceptors (Lipinski definition) is 3. The average Bonchev–Trinajstić information content (AvgIpc) is 2.58. The molecular weight excluding hydrogens is 291 g/mol. The summed E-state index contributed by atoms with van der Waals surface area (Å²) < 4.78 is 0. The summed E-state index contributed by atoms with van der Waals surface area (Å²) in [7, 11) is 0. The normalized spacial score (nSPS) is 17.9. The summed E-state index contributed by atoms with van der Waals surface area (Å²) in [5.41, 5.74) is 0.414. The molecule has 1 saturated heterocycles. The first-order chi connectivity index (χ1) is 7.56. The van der Waals surface area contributed by atoms with Crippen molar-refractivity contribution in [1.29, 1.82) is 0 Å². The van der Waals surface area contributed by atoms with E-state index in [0.29, 0.717) is 31.7 Å². The van der Waals surface area contributed by atoms with Crippen molar-refractivity contribution >= 4 is 63.3 Å². The van der Waals surface area contributed by atoms with Crippen LogP contribution in [0.25, 0.3) is 0 Å². The first-order valence-electron chi connectivity index (χ1n) is 4.22. The highest BCUT2D eigenvalue weighted by Crippen LogP contribution is 2.36. The number of amides is 1. The van der Waals surface area contributed by atoms with Gasteiger partial charge < -0.3 is 5.32 Å². The molecule has 84 valence electrons. The van der Waals surface area contributed by atoms with E-state index in [1.807, 2.05) is 0 Å². The van der Waals surface area contributed by atoms with Crippen LogP contribution in [0.2, 0.25) is 15.1 Å². The molecule has 0 unspecified atom stereocenters. The Bertz CT molecular complexity index is 467. The fourth-order valence-corrected chi connectivity index (χ4v) is 2.71. The molecule has 0 aliphatic carbocycles. The molecule has 0 spiro atoms. The monoisotopic (exact) mass is 294 g/mol. The Balaban J connectivity index is 2.38. The highest BCUT2D eigenvalue weighted by atomic mass is 35.5. The summed E-state index contributed by atoms with van der Waals surface area (Å²) in [6, 6.07) is 3.10. The van der Waals surface area contributed by atoms with E-state index in [1.54, 1.807) is 12.1 Å². The van der Waals surface area contributed by atoms with Crippen LogP contribution < -0.4 is 5.32 Å². The van der Waals surface area contributed by atoms with Crippen molar-refractivity contribution in [2.24, 2.45) is 4.99 Å². The van der Waals surface area contributed by atoms with E-state index in [2.05, 4.69) is 10.3 Å². The van der Waals surface area contributed by atoms with Gasteiger partial charge in [-0.05, 0) is 12.1 Å². The fourth-order valence-electron chi connectivity index (χ4n) is 1.13. The molecular formula is C9H5Cl3N2OS. The number of thioether (sulfide) groups is 1. The Morgan fingerprint density at radius 2 is 1.88 bits per heavy atom. The second kappa shape index (κ2) is 4.84. The number of nitrogens with one attached hydrogen (secondary N) is 1. The molecule has 1 aliphatic heterocycles. The minimum Gasteiger partial charge on any atom is -0.304 e. The molecule has 0 aromatic heterocycles. The molecule has 2 rings (SSSR count). The van der Waals surface area contributed by atoms with Crippen LogP contribution >= 0.6 is 46.6 Å². The first-order valence-corrected chi connectivity index (χ1v) is 6.34. The number of carbonyl (C=O) groups is 1. The summed E-state index contributed by atoms with van der Waals surface area (Å²) in [4.78, 5) is 15.1. The van der Waals surface area contributed by atoms with E-state index in [0.717, 1.165) is 0 Å². The van der Waals surface area contributed by atoms with E-state index in [9.17, 15) is 4.79 Å². The molecule has 1 amide bonds. The molecule has 1 fully saturated rings. The molecule has 1 heterocycles. The second-order valence-corrected chi connectivity index (χ2v) is 5.19. The van der Waals surface area contributed by atoms with E-state index in [4.69, 9.17) is 34.8 Å². The number of amidine groups is 1. The van der Waals surface area contributed by atoms with Crippen LogP contribution in [0, 0.1) is 0 Å². The van der Waals surface area contributed by atoms with Gasteiger partial charge in [-0.3, -0.25) is 4.79 Å². The molecule has 0 saturated carbocycles. The smallest absolute Gasteiger partial charge is 0.236 e. The number of benzene rings is 1. The molecule has 0 atom stereocenters. The van der Waals surface area contributed by atoms with Crippen LogP contribution in [-0.4, -0.2) is 16.8 Å². The van der Waals surface area contributed by atoms with Crippen LogP contribution in [0.3, 0.4) is 0 Å². The molecule has 1 aliphatic rings. The molecule has 1 N–H and O–H groups in total. The van der Waals surface area contributed by atoms with Crippen molar-refractivity contribution in [3.8, 4) is 0 Å². The van der Waals surface area contributed by atoms with Gasteiger partial charge in [0.15, 0.2) is 5.17 Å². The Kier molecular flexibility index (Phi) is 3.64. The lowest BCUT2D eigenvalue weighted by Crippen LogP contribution is -2.19. The van der Waals surface area contributed by atoms with Crippen molar-refractivity contribution in [2.75, 3.05) is 5.75 Å². The van der Waals surface area contributed by atoms with Crippen LogP contribution in [0.5, 0.6) is 0 Å². The van der Waals surface area contributed by atoms with Gasteiger partial charge in [0.2, 0.25) is 5.91 Å². The van der Waals surface area contributed by atoms with Crippen molar-refractivity contribution in [3.63, 3.8) is 0 Å². The third kappa shape index (κ3) is 2.63. The Morgan fingerprint density at radius 3 is 2.38 bits per heavy atom. The predicted octanol–water partition coefficient (Wildman–Crippen LogP) is 3.50. The highest BCUT2D eigenvalue weighted by molar-refractivity contribution is 8.15. The van der Waals surface area contributed by atoms with Gasteiger partial charge in [-0.1, -0.05) is 46.6 Å². The zero-order valence-electron chi connectivity index (χ0n) is 7.76. The number of aliphatic imine (C=N–C) groups is 1. The zero-order valence-corrected chi connectivity index (χ0v) is 10.8. The third-order valence-corrected chi connectivity index (χ3v) is 3.45. The quantitative estimate of drug-likeness (QED) is 0.861. The maximum absolute atomic E-state index is 11.0. The molecule has 3 nitrogen and oxygen atoms in total. The number of hydrogen-bond donors (Lipinski definition) is 1. The van der Waals surface area contributed by atoms with Crippen molar-refractivity contribution < 1.29 is 4.79 Å². The summed E-state index contributed by atoms with van der Waals surface area (Å²) in [6.07, 6.45) is 0. The first kappa shape index (κ1) is 12.0. The van der Waals surface area contributed by atoms with Gasteiger partial charge >= 0.3 is 0 Å². The Morgan fingerprint density at radius 1 is 1.25 bits per heavy atom. The Labute approximate surface area is 111 Å². The summed E-state index contributed by atoms with van der Waals surface area (Å²) in [6.45, 7) is 0. The standard InChI is InChI=1S/C9H5Cl3N2OS/c10-4-1-5(11)8(6(12)2-4)14-9-13-7(15)3-16-9/h1-2H,3H2,(H,13,14,15). The van der Waals surface area contributed by atoms with Crippen molar-refractivity contribution in [1.82, 2.24) is 5.32 Å². The molecule has 7 heteroatoms. The topological polar surface area (TPSA) is 41.5 Å². The highest BCUT2D eigenvalue weighted by Gasteiger charge is 2.17. The van der Waals surface area contributed by atoms with Gasteiger partial charge in [0.1, 0.15) is 5.69 Å². The third-order valence-electron chi connectivity index (χ3n) is 1.78. The maximum atomic E-state index is 11.0. The van der Waals surface area contributed by atoms with Crippen LogP contribution in [0.15, 0.2) is 17.1 Å². The van der Waals surface area contributed by atoms with Gasteiger partial charge in [0.25, 0.3) is 0 Å². The molecule has 0 radical (unpaired) electrons. The molecule has 0 bridgehead atoms. The molecule has 16 heavy (non-hydrogen) atoms. The van der Waals surface area contributed by atoms with Crippen LogP contribution in [0.1, 0.15) is 0 Å². The van der Waals surface area contributed by atoms with E-state index < -0.39 is 0 Å². The minimum atomic E-state index is -0.0787. The summed E-state index contributed by atoms with van der Waals surface area (Å²) in [5, 5.41) is 4.24. The SMILES string of the molecule is O=C1CSC(=Nc2c(Cl)cc(Cl)cc2Cl)N1. The van der Waals surface area contributed by atoms with Crippen LogP contribution in [-0.2, 0) is 4.79 Å². The lowest BCUT2D eigenvalue weighted by Gasteiger charge is -2.03. The number of halogens is 3. The van der Waals surface area contributed by atoms with Gasteiger partial charge in [-0.2, -0.15) is 0 Å². The van der Waals surface area contributed by atoms with Gasteiger partial charge in [-0.25, -0.2) is 4.99 Å². The number of carbonyl (C=O) groups excluding carboxylic acids is 1.